The number of hydrogen-bond donors (Lipinski definition) is 0. The van der Waals surface area contributed by atoms with Gasteiger partial charge in [0.2, 0.25) is 0 Å². The number of allylic oxidation sites excluding steroid dienone is 5. The van der Waals surface area contributed by atoms with Gasteiger partial charge in [0.15, 0.2) is 0 Å². The minimum Gasteiger partial charge on any atom is -0.377 e. The van der Waals surface area contributed by atoms with Gasteiger partial charge in [0.1, 0.15) is 0 Å². The molecule has 2 heteroatoms. The van der Waals surface area contributed by atoms with E-state index in [1.54, 1.807) is 0 Å². The minimum atomic E-state index is 1.30. The van der Waals surface area contributed by atoms with E-state index in [-0.39, 0.29) is 0 Å². The second-order valence-corrected chi connectivity index (χ2v) is 4.06. The maximum Gasteiger partial charge on any atom is 0.0462 e. The van der Waals surface area contributed by atoms with Crippen molar-refractivity contribution in [3.63, 3.8) is 0 Å². The van der Waals surface area contributed by atoms with Crippen molar-refractivity contribution in [3.05, 3.63) is 46.8 Å². The molecule has 0 atom stereocenters. The van der Waals surface area contributed by atoms with E-state index in [1.165, 1.54) is 22.5 Å². The van der Waals surface area contributed by atoms with E-state index in [0.717, 1.165) is 0 Å². The van der Waals surface area contributed by atoms with Gasteiger partial charge in [0.05, 0.1) is 0 Å². The maximum absolute atomic E-state index is 2.24. The normalized spacial score (nSPS) is 18.3. The Balaban J connectivity index is 2.45. The van der Waals surface area contributed by atoms with Crippen molar-refractivity contribution >= 4 is 0 Å². The second-order valence-electron chi connectivity index (χ2n) is 4.06. The molecule has 0 aliphatic heterocycles. The van der Waals surface area contributed by atoms with Crippen LogP contribution in [0, 0.1) is 0 Å². The first-order chi connectivity index (χ1) is 6.61. The highest BCUT2D eigenvalue weighted by Crippen LogP contribution is 2.36. The van der Waals surface area contributed by atoms with Crippen LogP contribution >= 0.6 is 0 Å². The quantitative estimate of drug-likeness (QED) is 0.651. The molecule has 0 amide bonds. The van der Waals surface area contributed by atoms with Gasteiger partial charge in [-0.3, -0.25) is 0 Å². The molecule has 0 radical (unpaired) electrons. The zero-order valence-electron chi connectivity index (χ0n) is 9.20. The van der Waals surface area contributed by atoms with Crippen molar-refractivity contribution in [3.8, 4) is 0 Å². The zero-order valence-corrected chi connectivity index (χ0v) is 9.20. The summed E-state index contributed by atoms with van der Waals surface area (Å²) in [4.78, 5) is 4.32. The van der Waals surface area contributed by atoms with Gasteiger partial charge in [-0.2, -0.15) is 0 Å². The number of rotatable bonds is 2. The van der Waals surface area contributed by atoms with Crippen LogP contribution in [-0.4, -0.2) is 38.0 Å². The molecule has 14 heavy (non-hydrogen) atoms. The molecule has 2 nitrogen and oxygen atoms in total. The van der Waals surface area contributed by atoms with Gasteiger partial charge >= 0.3 is 0 Å². The minimum absolute atomic E-state index is 1.30. The van der Waals surface area contributed by atoms with Crippen LogP contribution in [0.1, 0.15) is 0 Å². The van der Waals surface area contributed by atoms with Crippen LogP contribution in [0.15, 0.2) is 46.8 Å². The van der Waals surface area contributed by atoms with Crippen LogP contribution in [0.2, 0.25) is 0 Å². The van der Waals surface area contributed by atoms with E-state index in [1.807, 2.05) is 0 Å². The standard InChI is InChI=1S/C12H16N2/c1-13(2)11-8-12(14(3)4)10-7-5-6-9(10)11/h5-8H,1-4H3. The summed E-state index contributed by atoms with van der Waals surface area (Å²) >= 11 is 0. The molecule has 0 heterocycles. The van der Waals surface area contributed by atoms with Crippen molar-refractivity contribution in [1.29, 1.82) is 0 Å². The lowest BCUT2D eigenvalue weighted by molar-refractivity contribution is 0.514. The van der Waals surface area contributed by atoms with Gasteiger partial charge in [-0.15, -0.1) is 0 Å². The predicted molar refractivity (Wildman–Crippen MR) is 59.7 cm³/mol. The SMILES string of the molecule is CN(C)C1=CC(N(C)C)=C2C=CC=C12. The lowest BCUT2D eigenvalue weighted by Crippen LogP contribution is -2.11. The lowest BCUT2D eigenvalue weighted by Gasteiger charge is -2.15. The third-order valence-electron chi connectivity index (χ3n) is 2.60. The molecule has 0 aromatic heterocycles. The summed E-state index contributed by atoms with van der Waals surface area (Å²) in [6.07, 6.45) is 8.71. The first kappa shape index (κ1) is 9.13. The summed E-state index contributed by atoms with van der Waals surface area (Å²) < 4.78 is 0. The van der Waals surface area contributed by atoms with Crippen molar-refractivity contribution in [2.45, 2.75) is 0 Å². The highest BCUT2D eigenvalue weighted by Gasteiger charge is 2.24. The van der Waals surface area contributed by atoms with Crippen molar-refractivity contribution < 1.29 is 0 Å². The molecule has 0 saturated heterocycles. The third kappa shape index (κ3) is 1.18. The van der Waals surface area contributed by atoms with E-state index in [0.29, 0.717) is 0 Å². The summed E-state index contributed by atoms with van der Waals surface area (Å²) in [5.41, 5.74) is 5.29. The molecular weight excluding hydrogens is 172 g/mol. The fourth-order valence-electron chi connectivity index (χ4n) is 1.89. The summed E-state index contributed by atoms with van der Waals surface area (Å²) in [5, 5.41) is 0. The Morgan fingerprint density at radius 3 is 2.29 bits per heavy atom. The molecule has 74 valence electrons. The average molecular weight is 188 g/mol. The number of likely N-dealkylation sites (N-methyl/N-ethyl adjacent to an activating group) is 2. The zero-order chi connectivity index (χ0) is 10.3. The maximum atomic E-state index is 2.24. The Hall–Kier alpha value is -1.44. The first-order valence-corrected chi connectivity index (χ1v) is 4.81. The Morgan fingerprint density at radius 2 is 1.71 bits per heavy atom. The van der Waals surface area contributed by atoms with Crippen LogP contribution < -0.4 is 0 Å². The molecule has 2 rings (SSSR count). The van der Waals surface area contributed by atoms with Crippen LogP contribution in [0.5, 0.6) is 0 Å². The van der Waals surface area contributed by atoms with Crippen molar-refractivity contribution in [1.82, 2.24) is 9.80 Å². The lowest BCUT2D eigenvalue weighted by atomic mass is 10.1. The molecule has 0 spiro atoms. The number of nitrogens with zero attached hydrogens (tertiary/aromatic N) is 2. The highest BCUT2D eigenvalue weighted by atomic mass is 15.1. The average Bonchev–Trinajstić information content (AvgIpc) is 2.59. The molecule has 2 aliphatic carbocycles. The van der Waals surface area contributed by atoms with Gasteiger partial charge in [-0.05, 0) is 6.08 Å². The Kier molecular flexibility index (Phi) is 1.99. The van der Waals surface area contributed by atoms with Crippen LogP contribution in [-0.2, 0) is 0 Å². The number of hydrogen-bond acceptors (Lipinski definition) is 2. The molecule has 2 aliphatic rings. The second kappa shape index (κ2) is 3.05. The topological polar surface area (TPSA) is 6.48 Å². The molecule has 0 saturated carbocycles. The van der Waals surface area contributed by atoms with E-state index in [4.69, 9.17) is 0 Å². The Morgan fingerprint density at radius 1 is 1.00 bits per heavy atom. The summed E-state index contributed by atoms with van der Waals surface area (Å²) in [6, 6.07) is 0. The molecule has 0 aromatic carbocycles. The molecular formula is C12H16N2. The van der Waals surface area contributed by atoms with Crippen LogP contribution in [0.4, 0.5) is 0 Å². The molecule has 0 N–H and O–H groups in total. The first-order valence-electron chi connectivity index (χ1n) is 4.81. The molecule has 0 unspecified atom stereocenters. The van der Waals surface area contributed by atoms with Gasteiger partial charge in [0.25, 0.3) is 0 Å². The Labute approximate surface area is 85.5 Å². The summed E-state index contributed by atoms with van der Waals surface area (Å²) in [5.74, 6) is 0. The smallest absolute Gasteiger partial charge is 0.0462 e. The highest BCUT2D eigenvalue weighted by molar-refractivity contribution is 5.66. The van der Waals surface area contributed by atoms with Gasteiger partial charge in [-0.1, -0.05) is 18.2 Å². The Bertz CT molecular complexity index is 379. The van der Waals surface area contributed by atoms with Crippen LogP contribution in [0.3, 0.4) is 0 Å². The number of fused-ring (bicyclic) bond motifs is 1. The van der Waals surface area contributed by atoms with Crippen molar-refractivity contribution in [2.24, 2.45) is 0 Å². The third-order valence-corrected chi connectivity index (χ3v) is 2.60. The van der Waals surface area contributed by atoms with Crippen molar-refractivity contribution in [2.75, 3.05) is 28.2 Å². The van der Waals surface area contributed by atoms with E-state index in [2.05, 4.69) is 62.3 Å². The largest absolute Gasteiger partial charge is 0.377 e. The fraction of sp³-hybridized carbons (Fsp3) is 0.333. The molecule has 0 aromatic rings. The van der Waals surface area contributed by atoms with Gasteiger partial charge in [0, 0.05) is 50.7 Å². The van der Waals surface area contributed by atoms with E-state index < -0.39 is 0 Å². The van der Waals surface area contributed by atoms with Crippen LogP contribution in [0.25, 0.3) is 0 Å². The van der Waals surface area contributed by atoms with E-state index in [9.17, 15) is 0 Å². The van der Waals surface area contributed by atoms with Gasteiger partial charge < -0.3 is 9.80 Å². The molecule has 0 fully saturated rings. The fourth-order valence-corrected chi connectivity index (χ4v) is 1.89. The molecule has 0 bridgehead atoms. The summed E-state index contributed by atoms with van der Waals surface area (Å²) in [6.45, 7) is 0. The summed E-state index contributed by atoms with van der Waals surface area (Å²) in [7, 11) is 8.34. The van der Waals surface area contributed by atoms with E-state index >= 15 is 0 Å². The monoisotopic (exact) mass is 188 g/mol. The van der Waals surface area contributed by atoms with Gasteiger partial charge in [-0.25, -0.2) is 0 Å². The predicted octanol–water partition coefficient (Wildman–Crippen LogP) is 1.76.